The molecule has 0 saturated heterocycles. The van der Waals surface area contributed by atoms with Gasteiger partial charge in [-0.3, -0.25) is 4.79 Å². The van der Waals surface area contributed by atoms with Crippen molar-refractivity contribution >= 4 is 16.9 Å². The van der Waals surface area contributed by atoms with Crippen LogP contribution in [0.3, 0.4) is 0 Å². The summed E-state index contributed by atoms with van der Waals surface area (Å²) in [4.78, 5) is 15.6. The minimum absolute atomic E-state index is 0.0535. The Balaban J connectivity index is 1.09. The summed E-state index contributed by atoms with van der Waals surface area (Å²) in [5.41, 5.74) is 2.95. The third kappa shape index (κ3) is 4.87. The van der Waals surface area contributed by atoms with E-state index in [0.29, 0.717) is 19.1 Å². The van der Waals surface area contributed by atoms with E-state index in [1.54, 1.807) is 10.8 Å². The van der Waals surface area contributed by atoms with Crippen molar-refractivity contribution in [3.05, 3.63) is 66.2 Å². The van der Waals surface area contributed by atoms with E-state index in [-0.39, 0.29) is 6.54 Å². The van der Waals surface area contributed by atoms with Gasteiger partial charge in [0.15, 0.2) is 0 Å². The molecule has 7 heteroatoms. The highest BCUT2D eigenvalue weighted by Crippen LogP contribution is 2.28. The van der Waals surface area contributed by atoms with Crippen LogP contribution < -0.4 is 9.47 Å². The molecule has 0 atom stereocenters. The Hall–Kier alpha value is -3.74. The summed E-state index contributed by atoms with van der Waals surface area (Å²) in [7, 11) is 0. The molecule has 5 rings (SSSR count). The maximum atomic E-state index is 10.9. The number of aromatic nitrogens is 2. The largest absolute Gasteiger partial charge is 0.493 e. The Kier molecular flexibility index (Phi) is 6.02. The first-order chi connectivity index (χ1) is 16.2. The van der Waals surface area contributed by atoms with Gasteiger partial charge in [0.1, 0.15) is 23.8 Å². The van der Waals surface area contributed by atoms with Crippen molar-refractivity contribution in [1.82, 2.24) is 9.55 Å². The van der Waals surface area contributed by atoms with Gasteiger partial charge < -0.3 is 23.6 Å². The van der Waals surface area contributed by atoms with E-state index in [2.05, 4.69) is 4.98 Å². The first-order valence-corrected chi connectivity index (χ1v) is 11.3. The number of rotatable bonds is 9. The third-order valence-corrected chi connectivity index (χ3v) is 5.82. The zero-order valence-electron chi connectivity index (χ0n) is 18.3. The monoisotopic (exact) mass is 446 g/mol. The molecule has 0 unspecified atom stereocenters. The summed E-state index contributed by atoms with van der Waals surface area (Å²) in [5, 5.41) is 9.94. The summed E-state index contributed by atoms with van der Waals surface area (Å²) in [5.74, 6) is 2.43. The summed E-state index contributed by atoms with van der Waals surface area (Å²) < 4.78 is 19.3. The molecule has 1 N–H and O–H groups in total. The van der Waals surface area contributed by atoms with Crippen molar-refractivity contribution in [3.63, 3.8) is 0 Å². The molecule has 1 aliphatic rings. The fraction of sp³-hybridized carbons (Fsp3) is 0.308. The van der Waals surface area contributed by atoms with Gasteiger partial charge in [0.25, 0.3) is 0 Å². The number of benzene rings is 2. The van der Waals surface area contributed by atoms with Crippen LogP contribution in [0.2, 0.25) is 0 Å². The Morgan fingerprint density at radius 2 is 1.76 bits per heavy atom. The Labute approximate surface area is 191 Å². The molecule has 2 aromatic carbocycles. The number of nitrogens with zero attached hydrogens (tertiary/aromatic N) is 2. The van der Waals surface area contributed by atoms with E-state index in [1.807, 2.05) is 48.5 Å². The second-order valence-corrected chi connectivity index (χ2v) is 8.23. The van der Waals surface area contributed by atoms with Gasteiger partial charge in [-0.1, -0.05) is 0 Å². The zero-order chi connectivity index (χ0) is 22.6. The van der Waals surface area contributed by atoms with Crippen molar-refractivity contribution in [1.29, 1.82) is 0 Å². The number of ether oxygens (including phenoxy) is 2. The lowest BCUT2D eigenvalue weighted by Crippen LogP contribution is -2.07. The molecule has 0 amide bonds. The van der Waals surface area contributed by atoms with Crippen LogP contribution >= 0.6 is 0 Å². The minimum atomic E-state index is -0.862. The van der Waals surface area contributed by atoms with Crippen molar-refractivity contribution in [3.8, 4) is 23.0 Å². The van der Waals surface area contributed by atoms with Gasteiger partial charge in [-0.05, 0) is 67.8 Å². The molecule has 0 bridgehead atoms. The van der Waals surface area contributed by atoms with E-state index in [9.17, 15) is 4.79 Å². The van der Waals surface area contributed by atoms with E-state index in [1.165, 1.54) is 12.8 Å². The number of hydrogen-bond donors (Lipinski definition) is 1. The van der Waals surface area contributed by atoms with Crippen LogP contribution in [0.25, 0.3) is 22.4 Å². The van der Waals surface area contributed by atoms with Crippen molar-refractivity contribution < 1.29 is 23.8 Å². The highest BCUT2D eigenvalue weighted by atomic mass is 16.5. The fourth-order valence-electron chi connectivity index (χ4n) is 4.16. The smallest absolute Gasteiger partial charge is 0.323 e. The fourth-order valence-corrected chi connectivity index (χ4v) is 4.16. The molecule has 0 fully saturated rings. The number of carboxylic acid groups (broad SMARTS) is 1. The van der Waals surface area contributed by atoms with Gasteiger partial charge in [-0.25, -0.2) is 4.98 Å². The predicted octanol–water partition coefficient (Wildman–Crippen LogP) is 5.11. The lowest BCUT2D eigenvalue weighted by molar-refractivity contribution is -0.137. The quantitative estimate of drug-likeness (QED) is 0.360. The highest BCUT2D eigenvalue weighted by molar-refractivity contribution is 5.83. The van der Waals surface area contributed by atoms with Gasteiger partial charge >= 0.3 is 5.97 Å². The minimum Gasteiger partial charge on any atom is -0.493 e. The Bertz CT molecular complexity index is 1230. The van der Waals surface area contributed by atoms with Crippen molar-refractivity contribution in [2.75, 3.05) is 13.2 Å². The maximum Gasteiger partial charge on any atom is 0.323 e. The summed E-state index contributed by atoms with van der Waals surface area (Å²) >= 11 is 0. The molecule has 1 aliphatic carbocycles. The van der Waals surface area contributed by atoms with Crippen LogP contribution in [0.15, 0.2) is 59.1 Å². The third-order valence-electron chi connectivity index (χ3n) is 5.82. The van der Waals surface area contributed by atoms with Crippen LogP contribution in [0, 0.1) is 0 Å². The topological polar surface area (TPSA) is 86.7 Å². The van der Waals surface area contributed by atoms with Crippen LogP contribution in [0.5, 0.6) is 11.5 Å². The molecular weight excluding hydrogens is 420 g/mol. The lowest BCUT2D eigenvalue weighted by atomic mass is 10.0. The molecule has 0 radical (unpaired) electrons. The standard InChI is InChI=1S/C26H26N2O5/c29-25(30)17-28-13-12-19-16-21(10-11-23(19)28)32-15-3-14-31-20-8-6-18(7-9-20)26-27-22-4-1-2-5-24(22)33-26/h6-13,16H,1-5,14-15,17H2,(H,29,30). The van der Waals surface area contributed by atoms with Crippen LogP contribution in [-0.2, 0) is 24.2 Å². The van der Waals surface area contributed by atoms with Gasteiger partial charge in [0.2, 0.25) is 5.89 Å². The Morgan fingerprint density at radius 3 is 2.55 bits per heavy atom. The summed E-state index contributed by atoms with van der Waals surface area (Å²) in [6.45, 7) is 1.02. The van der Waals surface area contributed by atoms with Gasteiger partial charge in [0, 0.05) is 35.5 Å². The highest BCUT2D eigenvalue weighted by Gasteiger charge is 2.17. The van der Waals surface area contributed by atoms with E-state index in [0.717, 1.165) is 58.7 Å². The van der Waals surface area contributed by atoms with Crippen molar-refractivity contribution in [2.45, 2.75) is 38.6 Å². The van der Waals surface area contributed by atoms with Gasteiger partial charge in [0.05, 0.1) is 18.9 Å². The zero-order valence-corrected chi connectivity index (χ0v) is 18.3. The second kappa shape index (κ2) is 9.40. The molecule has 0 aliphatic heterocycles. The molecule has 0 saturated carbocycles. The summed E-state index contributed by atoms with van der Waals surface area (Å²) in [6.07, 6.45) is 6.87. The Morgan fingerprint density at radius 1 is 1.00 bits per heavy atom. The van der Waals surface area contributed by atoms with Crippen LogP contribution in [0.1, 0.15) is 30.7 Å². The molecule has 2 heterocycles. The first kappa shape index (κ1) is 21.1. The maximum absolute atomic E-state index is 10.9. The normalized spacial score (nSPS) is 13.1. The summed E-state index contributed by atoms with van der Waals surface area (Å²) in [6, 6.07) is 15.4. The van der Waals surface area contributed by atoms with Gasteiger partial charge in [-0.15, -0.1) is 0 Å². The molecule has 33 heavy (non-hydrogen) atoms. The second-order valence-electron chi connectivity index (χ2n) is 8.23. The average molecular weight is 447 g/mol. The van der Waals surface area contributed by atoms with Crippen LogP contribution in [-0.4, -0.2) is 33.8 Å². The van der Waals surface area contributed by atoms with Gasteiger partial charge in [-0.2, -0.15) is 0 Å². The van der Waals surface area contributed by atoms with E-state index in [4.69, 9.17) is 19.0 Å². The number of aryl methyl sites for hydroxylation is 2. The lowest BCUT2D eigenvalue weighted by Gasteiger charge is -2.09. The molecule has 4 aromatic rings. The molecule has 170 valence electrons. The van der Waals surface area contributed by atoms with E-state index >= 15 is 0 Å². The van der Waals surface area contributed by atoms with Crippen LogP contribution in [0.4, 0.5) is 0 Å². The number of hydrogen-bond acceptors (Lipinski definition) is 5. The predicted molar refractivity (Wildman–Crippen MR) is 124 cm³/mol. The number of aliphatic carboxylic acids is 1. The molecule has 2 aromatic heterocycles. The first-order valence-electron chi connectivity index (χ1n) is 11.3. The number of carboxylic acids is 1. The number of oxazole rings is 1. The van der Waals surface area contributed by atoms with E-state index < -0.39 is 5.97 Å². The number of carbonyl (C=O) groups is 1. The molecular formula is C26H26N2O5. The average Bonchev–Trinajstić information content (AvgIpc) is 3.43. The number of fused-ring (bicyclic) bond motifs is 2. The molecule has 0 spiro atoms. The molecule has 7 nitrogen and oxygen atoms in total. The van der Waals surface area contributed by atoms with Crippen molar-refractivity contribution in [2.24, 2.45) is 0 Å². The SMILES string of the molecule is O=C(O)Cn1ccc2cc(OCCCOc3ccc(-c4nc5c(o4)CCCC5)cc3)ccc21.